The monoisotopic (exact) mass is 452 g/mol. The molecule has 0 atom stereocenters. The second-order valence-corrected chi connectivity index (χ2v) is 9.25. The van der Waals surface area contributed by atoms with Crippen molar-refractivity contribution in [3.63, 3.8) is 0 Å². The predicted molar refractivity (Wildman–Crippen MR) is 125 cm³/mol. The summed E-state index contributed by atoms with van der Waals surface area (Å²) in [6.45, 7) is 2.64. The molecule has 0 radical (unpaired) electrons. The van der Waals surface area contributed by atoms with Gasteiger partial charge in [-0.15, -0.1) is 0 Å². The molecule has 0 spiro atoms. The standard InChI is InChI=1S/C25H28N2O4S/c1-2-17-7-10-20(26-16-17)13-14-31-21-11-8-18(9-12-21)15-22-24(29)27(25(30)32-22)23(28)19-5-3-4-6-19/h7-12,16,19,29H,2-6,13-15H2,1H3. The number of aromatic hydroxyl groups is 1. The fourth-order valence-corrected chi connectivity index (χ4v) is 4.95. The van der Waals surface area contributed by atoms with Crippen LogP contribution in [0.2, 0.25) is 0 Å². The maximum absolute atomic E-state index is 12.6. The van der Waals surface area contributed by atoms with Crippen molar-refractivity contribution in [2.75, 3.05) is 6.61 Å². The first-order valence-corrected chi connectivity index (χ1v) is 12.0. The van der Waals surface area contributed by atoms with Gasteiger partial charge in [-0.3, -0.25) is 14.6 Å². The molecule has 1 N–H and O–H groups in total. The Morgan fingerprint density at radius 1 is 1.16 bits per heavy atom. The molecule has 2 heterocycles. The van der Waals surface area contributed by atoms with E-state index in [-0.39, 0.29) is 17.7 Å². The van der Waals surface area contributed by atoms with Gasteiger partial charge in [0.05, 0.1) is 11.5 Å². The summed E-state index contributed by atoms with van der Waals surface area (Å²) in [5.74, 6) is 0.122. The normalized spacial score (nSPS) is 14.0. The lowest BCUT2D eigenvalue weighted by Crippen LogP contribution is -2.26. The number of ether oxygens (including phenoxy) is 1. The summed E-state index contributed by atoms with van der Waals surface area (Å²) >= 11 is 0.940. The molecule has 2 aromatic heterocycles. The van der Waals surface area contributed by atoms with Crippen LogP contribution >= 0.6 is 11.3 Å². The maximum atomic E-state index is 12.6. The van der Waals surface area contributed by atoms with Gasteiger partial charge < -0.3 is 9.84 Å². The van der Waals surface area contributed by atoms with E-state index in [4.69, 9.17) is 4.74 Å². The Hall–Kier alpha value is -2.93. The topological polar surface area (TPSA) is 81.4 Å². The molecule has 0 bridgehead atoms. The number of carbonyl (C=O) groups excluding carboxylic acids is 1. The highest BCUT2D eigenvalue weighted by atomic mass is 32.1. The maximum Gasteiger partial charge on any atom is 0.317 e. The summed E-state index contributed by atoms with van der Waals surface area (Å²) < 4.78 is 6.79. The molecule has 1 aromatic carbocycles. The minimum Gasteiger partial charge on any atom is -0.493 e. The van der Waals surface area contributed by atoms with Gasteiger partial charge in [0.1, 0.15) is 5.75 Å². The average Bonchev–Trinajstić information content (AvgIpc) is 3.44. The van der Waals surface area contributed by atoms with E-state index in [0.29, 0.717) is 17.9 Å². The molecule has 1 aliphatic carbocycles. The van der Waals surface area contributed by atoms with Crippen LogP contribution in [0.4, 0.5) is 0 Å². The summed E-state index contributed by atoms with van der Waals surface area (Å²) in [5, 5.41) is 10.5. The number of nitrogens with zero attached hydrogens (tertiary/aromatic N) is 2. The molecule has 4 rings (SSSR count). The van der Waals surface area contributed by atoms with Crippen molar-refractivity contribution >= 4 is 17.2 Å². The summed E-state index contributed by atoms with van der Waals surface area (Å²) in [4.78, 5) is 29.5. The SMILES string of the molecule is CCc1ccc(CCOc2ccc(Cc3sc(=O)n(C(=O)C4CCCC4)c3O)cc2)nc1. The molecular formula is C25H28N2O4S. The second-order valence-electron chi connectivity index (χ2n) is 8.20. The third-order valence-corrected chi connectivity index (χ3v) is 6.92. The number of thiazole rings is 1. The summed E-state index contributed by atoms with van der Waals surface area (Å²) in [6.07, 6.45) is 7.59. The Labute approximate surface area is 191 Å². The first kappa shape index (κ1) is 22.3. The zero-order valence-corrected chi connectivity index (χ0v) is 19.1. The van der Waals surface area contributed by atoms with E-state index < -0.39 is 4.87 Å². The van der Waals surface area contributed by atoms with Gasteiger partial charge in [-0.2, -0.15) is 0 Å². The molecule has 0 amide bonds. The van der Waals surface area contributed by atoms with Gasteiger partial charge >= 0.3 is 4.87 Å². The average molecular weight is 453 g/mol. The van der Waals surface area contributed by atoms with Crippen molar-refractivity contribution in [1.82, 2.24) is 9.55 Å². The zero-order chi connectivity index (χ0) is 22.5. The van der Waals surface area contributed by atoms with Crippen LogP contribution in [0.5, 0.6) is 11.6 Å². The first-order valence-electron chi connectivity index (χ1n) is 11.2. The Morgan fingerprint density at radius 3 is 2.53 bits per heavy atom. The minimum atomic E-state index is -0.407. The predicted octanol–water partition coefficient (Wildman–Crippen LogP) is 4.62. The van der Waals surface area contributed by atoms with E-state index >= 15 is 0 Å². The molecule has 1 fully saturated rings. The van der Waals surface area contributed by atoms with Crippen molar-refractivity contribution < 1.29 is 14.6 Å². The van der Waals surface area contributed by atoms with E-state index in [1.807, 2.05) is 36.5 Å². The van der Waals surface area contributed by atoms with Crippen molar-refractivity contribution in [3.8, 4) is 11.6 Å². The number of carbonyl (C=O) groups is 1. The lowest BCUT2D eigenvalue weighted by molar-refractivity contribution is 0.0824. The molecule has 1 aliphatic rings. The Morgan fingerprint density at radius 2 is 1.88 bits per heavy atom. The van der Waals surface area contributed by atoms with Crippen LogP contribution in [-0.4, -0.2) is 27.2 Å². The minimum absolute atomic E-state index is 0.155. The number of pyridine rings is 1. The van der Waals surface area contributed by atoms with Crippen LogP contribution in [0, 0.1) is 5.92 Å². The fraction of sp³-hybridized carbons (Fsp3) is 0.400. The quantitative estimate of drug-likeness (QED) is 0.540. The van der Waals surface area contributed by atoms with Crippen LogP contribution in [0.1, 0.15) is 59.1 Å². The molecular weight excluding hydrogens is 424 g/mol. The lowest BCUT2D eigenvalue weighted by Gasteiger charge is -2.09. The fourth-order valence-electron chi connectivity index (χ4n) is 4.05. The van der Waals surface area contributed by atoms with Gasteiger partial charge in [0.2, 0.25) is 11.8 Å². The first-order chi connectivity index (χ1) is 15.5. The molecule has 168 valence electrons. The van der Waals surface area contributed by atoms with Gasteiger partial charge in [-0.25, -0.2) is 4.57 Å². The number of benzene rings is 1. The van der Waals surface area contributed by atoms with Crippen LogP contribution < -0.4 is 9.61 Å². The van der Waals surface area contributed by atoms with Gasteiger partial charge in [0.25, 0.3) is 0 Å². The molecule has 0 unspecified atom stereocenters. The third-order valence-electron chi connectivity index (χ3n) is 5.99. The van der Waals surface area contributed by atoms with Crippen molar-refractivity contribution in [2.24, 2.45) is 5.92 Å². The van der Waals surface area contributed by atoms with Crippen LogP contribution in [-0.2, 0) is 19.3 Å². The lowest BCUT2D eigenvalue weighted by atomic mass is 10.1. The van der Waals surface area contributed by atoms with Gasteiger partial charge in [-0.1, -0.05) is 49.3 Å². The van der Waals surface area contributed by atoms with Gasteiger partial charge in [0.15, 0.2) is 0 Å². The summed E-state index contributed by atoms with van der Waals surface area (Å²) in [5.41, 5.74) is 3.16. The summed E-state index contributed by atoms with van der Waals surface area (Å²) in [6, 6.07) is 11.7. The molecule has 7 heteroatoms. The van der Waals surface area contributed by atoms with E-state index in [1.54, 1.807) is 0 Å². The van der Waals surface area contributed by atoms with Crippen molar-refractivity contribution in [2.45, 2.75) is 51.9 Å². The van der Waals surface area contributed by atoms with E-state index in [9.17, 15) is 14.7 Å². The van der Waals surface area contributed by atoms with Crippen molar-refractivity contribution in [3.05, 3.63) is 74.0 Å². The van der Waals surface area contributed by atoms with E-state index in [1.165, 1.54) is 5.56 Å². The van der Waals surface area contributed by atoms with E-state index in [0.717, 1.165) is 71.4 Å². The summed E-state index contributed by atoms with van der Waals surface area (Å²) in [7, 11) is 0. The number of hydrogen-bond acceptors (Lipinski definition) is 6. The zero-order valence-electron chi connectivity index (χ0n) is 18.3. The second kappa shape index (κ2) is 10.1. The third kappa shape index (κ3) is 5.10. The largest absolute Gasteiger partial charge is 0.493 e. The van der Waals surface area contributed by atoms with Crippen molar-refractivity contribution in [1.29, 1.82) is 0 Å². The Kier molecular flexibility index (Phi) is 7.05. The van der Waals surface area contributed by atoms with Gasteiger partial charge in [0, 0.05) is 30.7 Å². The van der Waals surface area contributed by atoms with Crippen LogP contribution in [0.25, 0.3) is 0 Å². The number of rotatable bonds is 8. The highest BCUT2D eigenvalue weighted by Crippen LogP contribution is 2.30. The van der Waals surface area contributed by atoms with Crippen LogP contribution in [0.3, 0.4) is 0 Å². The Balaban J connectivity index is 1.34. The number of aryl methyl sites for hydroxylation is 1. The molecule has 32 heavy (non-hydrogen) atoms. The molecule has 1 saturated carbocycles. The number of hydrogen-bond donors (Lipinski definition) is 1. The molecule has 6 nitrogen and oxygen atoms in total. The smallest absolute Gasteiger partial charge is 0.317 e. The number of aromatic nitrogens is 2. The highest BCUT2D eigenvalue weighted by Gasteiger charge is 2.28. The van der Waals surface area contributed by atoms with Gasteiger partial charge in [-0.05, 0) is 48.6 Å². The van der Waals surface area contributed by atoms with E-state index in [2.05, 4.69) is 18.0 Å². The highest BCUT2D eigenvalue weighted by molar-refractivity contribution is 7.09. The molecule has 0 aliphatic heterocycles. The molecule has 0 saturated heterocycles. The Bertz CT molecular complexity index is 1110. The van der Waals surface area contributed by atoms with Crippen LogP contribution in [0.15, 0.2) is 47.4 Å². The molecule has 3 aromatic rings.